The maximum atomic E-state index is 11.9. The van der Waals surface area contributed by atoms with Crippen molar-refractivity contribution in [1.29, 1.82) is 0 Å². The highest BCUT2D eigenvalue weighted by Crippen LogP contribution is 2.16. The zero-order chi connectivity index (χ0) is 13.7. The lowest BCUT2D eigenvalue weighted by Gasteiger charge is -2.26. The summed E-state index contributed by atoms with van der Waals surface area (Å²) in [6.07, 6.45) is 0.563. The topological polar surface area (TPSA) is 44.4 Å². The molecule has 104 valence electrons. The quantitative estimate of drug-likeness (QED) is 0.864. The number of aryl methyl sites for hydroxylation is 2. The van der Waals surface area contributed by atoms with Crippen molar-refractivity contribution in [2.24, 2.45) is 0 Å². The summed E-state index contributed by atoms with van der Waals surface area (Å²) < 4.78 is 0. The number of carbonyl (C=O) groups is 1. The van der Waals surface area contributed by atoms with E-state index in [0.717, 1.165) is 44.0 Å². The highest BCUT2D eigenvalue weighted by atomic mass is 16.1. The van der Waals surface area contributed by atoms with Crippen LogP contribution in [0.25, 0.3) is 0 Å². The first kappa shape index (κ1) is 14.0. The van der Waals surface area contributed by atoms with Crippen LogP contribution in [0.3, 0.4) is 0 Å². The smallest absolute Gasteiger partial charge is 0.225 e. The van der Waals surface area contributed by atoms with Crippen LogP contribution >= 0.6 is 0 Å². The fourth-order valence-electron chi connectivity index (χ4n) is 2.36. The van der Waals surface area contributed by atoms with E-state index in [1.165, 1.54) is 5.56 Å². The SMILES string of the molecule is Cc1ccc(NC(=O)CCN2CCNCC2)c(C)c1. The van der Waals surface area contributed by atoms with Gasteiger partial charge in [-0.05, 0) is 25.5 Å². The second-order valence-electron chi connectivity index (χ2n) is 5.21. The van der Waals surface area contributed by atoms with Crippen molar-refractivity contribution < 1.29 is 4.79 Å². The van der Waals surface area contributed by atoms with Gasteiger partial charge in [0.15, 0.2) is 0 Å². The van der Waals surface area contributed by atoms with Gasteiger partial charge < -0.3 is 15.5 Å². The molecule has 1 aromatic rings. The predicted molar refractivity (Wildman–Crippen MR) is 78.5 cm³/mol. The maximum absolute atomic E-state index is 11.9. The standard InChI is InChI=1S/C15H23N3O/c1-12-3-4-14(13(2)11-12)17-15(19)5-8-18-9-6-16-7-10-18/h3-4,11,16H,5-10H2,1-2H3,(H,17,19). The average Bonchev–Trinajstić information content (AvgIpc) is 2.41. The molecular formula is C15H23N3O. The fraction of sp³-hybridized carbons (Fsp3) is 0.533. The molecule has 1 fully saturated rings. The van der Waals surface area contributed by atoms with Crippen molar-refractivity contribution in [1.82, 2.24) is 10.2 Å². The first-order valence-corrected chi connectivity index (χ1v) is 6.95. The molecule has 1 aromatic carbocycles. The molecule has 1 amide bonds. The number of nitrogens with one attached hydrogen (secondary N) is 2. The first-order valence-electron chi connectivity index (χ1n) is 6.95. The first-order chi connectivity index (χ1) is 9.15. The molecule has 0 aromatic heterocycles. The molecule has 0 aliphatic carbocycles. The normalized spacial score (nSPS) is 16.3. The molecule has 0 radical (unpaired) electrons. The summed E-state index contributed by atoms with van der Waals surface area (Å²) in [5.74, 6) is 0.102. The molecule has 2 N–H and O–H groups in total. The van der Waals surface area contributed by atoms with E-state index in [2.05, 4.69) is 28.5 Å². The maximum Gasteiger partial charge on any atom is 0.225 e. The summed E-state index contributed by atoms with van der Waals surface area (Å²) >= 11 is 0. The predicted octanol–water partition coefficient (Wildman–Crippen LogP) is 1.54. The van der Waals surface area contributed by atoms with Crippen molar-refractivity contribution in [3.63, 3.8) is 0 Å². The Morgan fingerprint density at radius 1 is 1.32 bits per heavy atom. The van der Waals surface area contributed by atoms with E-state index in [-0.39, 0.29) is 5.91 Å². The second kappa shape index (κ2) is 6.68. The summed E-state index contributed by atoms with van der Waals surface area (Å²) in [6, 6.07) is 6.10. The van der Waals surface area contributed by atoms with Crippen LogP contribution in [0.5, 0.6) is 0 Å². The van der Waals surface area contributed by atoms with Gasteiger partial charge in [0.1, 0.15) is 0 Å². The lowest BCUT2D eigenvalue weighted by molar-refractivity contribution is -0.116. The van der Waals surface area contributed by atoms with Gasteiger partial charge in [0.25, 0.3) is 0 Å². The molecule has 0 bridgehead atoms. The minimum Gasteiger partial charge on any atom is -0.326 e. The summed E-state index contributed by atoms with van der Waals surface area (Å²) in [5, 5.41) is 6.31. The van der Waals surface area contributed by atoms with E-state index in [1.807, 2.05) is 19.1 Å². The van der Waals surface area contributed by atoms with Crippen LogP contribution in [-0.4, -0.2) is 43.5 Å². The summed E-state index contributed by atoms with van der Waals surface area (Å²) in [6.45, 7) is 9.06. The van der Waals surface area contributed by atoms with Gasteiger partial charge in [-0.3, -0.25) is 4.79 Å². The number of piperazine rings is 1. The third-order valence-corrected chi connectivity index (χ3v) is 3.52. The molecule has 0 atom stereocenters. The molecule has 0 spiro atoms. The summed E-state index contributed by atoms with van der Waals surface area (Å²) in [4.78, 5) is 14.3. The third-order valence-electron chi connectivity index (χ3n) is 3.52. The number of hydrogen-bond acceptors (Lipinski definition) is 3. The van der Waals surface area contributed by atoms with Crippen molar-refractivity contribution in [2.75, 3.05) is 38.0 Å². The Bertz CT molecular complexity index is 439. The van der Waals surface area contributed by atoms with Gasteiger partial charge in [0, 0.05) is 44.8 Å². The summed E-state index contributed by atoms with van der Waals surface area (Å²) in [7, 11) is 0. The lowest BCUT2D eigenvalue weighted by atomic mass is 10.1. The highest BCUT2D eigenvalue weighted by molar-refractivity contribution is 5.91. The van der Waals surface area contributed by atoms with Gasteiger partial charge in [0.05, 0.1) is 0 Å². The Morgan fingerprint density at radius 3 is 2.74 bits per heavy atom. The van der Waals surface area contributed by atoms with Crippen LogP contribution in [-0.2, 0) is 4.79 Å². The number of amides is 1. The van der Waals surface area contributed by atoms with E-state index < -0.39 is 0 Å². The number of carbonyl (C=O) groups excluding carboxylic acids is 1. The van der Waals surface area contributed by atoms with E-state index in [1.54, 1.807) is 0 Å². The molecule has 1 heterocycles. The molecule has 1 aliphatic heterocycles. The fourth-order valence-corrected chi connectivity index (χ4v) is 2.36. The van der Waals surface area contributed by atoms with Crippen LogP contribution in [0.15, 0.2) is 18.2 Å². The molecule has 1 saturated heterocycles. The Labute approximate surface area is 115 Å². The van der Waals surface area contributed by atoms with Crippen molar-refractivity contribution in [3.05, 3.63) is 29.3 Å². The van der Waals surface area contributed by atoms with E-state index in [0.29, 0.717) is 6.42 Å². The number of anilines is 1. The van der Waals surface area contributed by atoms with Crippen molar-refractivity contribution in [2.45, 2.75) is 20.3 Å². The van der Waals surface area contributed by atoms with Gasteiger partial charge in [-0.1, -0.05) is 17.7 Å². The molecule has 1 aliphatic rings. The van der Waals surface area contributed by atoms with Crippen LogP contribution in [0.1, 0.15) is 17.5 Å². The Hall–Kier alpha value is -1.39. The number of hydrogen-bond donors (Lipinski definition) is 2. The monoisotopic (exact) mass is 261 g/mol. The van der Waals surface area contributed by atoms with Gasteiger partial charge in [0.2, 0.25) is 5.91 Å². The third kappa shape index (κ3) is 4.33. The molecule has 19 heavy (non-hydrogen) atoms. The Kier molecular flexibility index (Phi) is 4.93. The van der Waals surface area contributed by atoms with Crippen LogP contribution in [0, 0.1) is 13.8 Å². The molecule has 0 unspecified atom stereocenters. The van der Waals surface area contributed by atoms with E-state index >= 15 is 0 Å². The zero-order valence-electron chi connectivity index (χ0n) is 11.8. The van der Waals surface area contributed by atoms with Gasteiger partial charge in [-0.2, -0.15) is 0 Å². The van der Waals surface area contributed by atoms with E-state index in [9.17, 15) is 4.79 Å². The van der Waals surface area contributed by atoms with E-state index in [4.69, 9.17) is 0 Å². The highest BCUT2D eigenvalue weighted by Gasteiger charge is 2.11. The Balaban J connectivity index is 1.80. The molecular weight excluding hydrogens is 238 g/mol. The van der Waals surface area contributed by atoms with Crippen LogP contribution in [0.2, 0.25) is 0 Å². The van der Waals surface area contributed by atoms with Crippen molar-refractivity contribution in [3.8, 4) is 0 Å². The largest absolute Gasteiger partial charge is 0.326 e. The molecule has 2 rings (SSSR count). The van der Waals surface area contributed by atoms with Crippen LogP contribution < -0.4 is 10.6 Å². The number of benzene rings is 1. The van der Waals surface area contributed by atoms with Crippen LogP contribution in [0.4, 0.5) is 5.69 Å². The summed E-state index contributed by atoms with van der Waals surface area (Å²) in [5.41, 5.74) is 3.27. The minimum absolute atomic E-state index is 0.102. The van der Waals surface area contributed by atoms with Crippen molar-refractivity contribution >= 4 is 11.6 Å². The average molecular weight is 261 g/mol. The minimum atomic E-state index is 0.102. The van der Waals surface area contributed by atoms with Gasteiger partial charge in [-0.25, -0.2) is 0 Å². The number of nitrogens with zero attached hydrogens (tertiary/aromatic N) is 1. The molecule has 4 nitrogen and oxygen atoms in total. The molecule has 4 heteroatoms. The zero-order valence-corrected chi connectivity index (χ0v) is 11.8. The van der Waals surface area contributed by atoms with Gasteiger partial charge in [-0.15, -0.1) is 0 Å². The molecule has 0 saturated carbocycles. The number of rotatable bonds is 4. The second-order valence-corrected chi connectivity index (χ2v) is 5.21. The lowest BCUT2D eigenvalue weighted by Crippen LogP contribution is -2.44. The Morgan fingerprint density at radius 2 is 2.05 bits per heavy atom. The van der Waals surface area contributed by atoms with Gasteiger partial charge >= 0.3 is 0 Å².